The van der Waals surface area contributed by atoms with Gasteiger partial charge in [-0.05, 0) is 66.8 Å². The highest BCUT2D eigenvalue weighted by Gasteiger charge is 2.34. The molecule has 0 saturated carbocycles. The molecule has 1 N–H and O–H groups in total. The van der Waals surface area contributed by atoms with E-state index in [1.54, 1.807) is 12.1 Å². The standard InChI is InChI=1S/C21H12BrFN2O3S/c22-13-3-1-12(2-4-13)18-10-9-16(28-18)11-17-19(26)24-21(29)25(20(17)27)15-7-5-14(23)6-8-15/h1-11H,(H,24,26,29). The molecule has 0 unspecified atom stereocenters. The maximum atomic E-state index is 13.2. The second kappa shape index (κ2) is 7.73. The lowest BCUT2D eigenvalue weighted by atomic mass is 10.1. The number of halogens is 2. The first-order valence-corrected chi connectivity index (χ1v) is 9.65. The normalized spacial score (nSPS) is 15.7. The predicted molar refractivity (Wildman–Crippen MR) is 114 cm³/mol. The fourth-order valence-electron chi connectivity index (χ4n) is 2.82. The number of thiocarbonyl (C=S) groups is 1. The van der Waals surface area contributed by atoms with Crippen LogP contribution >= 0.6 is 28.1 Å². The number of anilines is 1. The molecule has 144 valence electrons. The number of carbonyl (C=O) groups is 2. The van der Waals surface area contributed by atoms with E-state index < -0.39 is 17.6 Å². The third-order valence-electron chi connectivity index (χ3n) is 4.23. The Balaban J connectivity index is 1.66. The second-order valence-electron chi connectivity index (χ2n) is 6.14. The zero-order valence-corrected chi connectivity index (χ0v) is 17.1. The highest BCUT2D eigenvalue weighted by atomic mass is 79.9. The molecule has 0 spiro atoms. The van der Waals surface area contributed by atoms with E-state index in [2.05, 4.69) is 21.2 Å². The van der Waals surface area contributed by atoms with Gasteiger partial charge in [0.15, 0.2) is 5.11 Å². The van der Waals surface area contributed by atoms with Crippen molar-refractivity contribution in [2.24, 2.45) is 0 Å². The molecule has 1 fully saturated rings. The Morgan fingerprint density at radius 2 is 1.69 bits per heavy atom. The van der Waals surface area contributed by atoms with Gasteiger partial charge < -0.3 is 4.42 Å². The Labute approximate surface area is 178 Å². The number of amides is 2. The van der Waals surface area contributed by atoms with Crippen LogP contribution in [0, 0.1) is 5.82 Å². The number of hydrogen-bond donors (Lipinski definition) is 1. The summed E-state index contributed by atoms with van der Waals surface area (Å²) in [5.74, 6) is -0.751. The van der Waals surface area contributed by atoms with E-state index in [1.165, 1.54) is 30.3 Å². The smallest absolute Gasteiger partial charge is 0.270 e. The third kappa shape index (κ3) is 3.90. The van der Waals surface area contributed by atoms with Gasteiger partial charge in [0, 0.05) is 10.0 Å². The average Bonchev–Trinajstić information content (AvgIpc) is 3.16. The van der Waals surface area contributed by atoms with Crippen LogP contribution in [0.15, 0.2) is 75.1 Å². The van der Waals surface area contributed by atoms with Crippen LogP contribution in [0.5, 0.6) is 0 Å². The monoisotopic (exact) mass is 470 g/mol. The van der Waals surface area contributed by atoms with Crippen molar-refractivity contribution < 1.29 is 18.4 Å². The van der Waals surface area contributed by atoms with Crippen LogP contribution in [0.3, 0.4) is 0 Å². The van der Waals surface area contributed by atoms with Crippen molar-refractivity contribution >= 4 is 56.8 Å². The molecule has 0 radical (unpaired) electrons. The molecular weight excluding hydrogens is 459 g/mol. The summed E-state index contributed by atoms with van der Waals surface area (Å²) >= 11 is 8.49. The van der Waals surface area contributed by atoms with Crippen LogP contribution in [0.25, 0.3) is 17.4 Å². The summed E-state index contributed by atoms with van der Waals surface area (Å²) in [6.07, 6.45) is 1.36. The summed E-state index contributed by atoms with van der Waals surface area (Å²) in [6.45, 7) is 0. The van der Waals surface area contributed by atoms with Crippen molar-refractivity contribution in [3.63, 3.8) is 0 Å². The summed E-state index contributed by atoms with van der Waals surface area (Å²) in [7, 11) is 0. The lowest BCUT2D eigenvalue weighted by Gasteiger charge is -2.28. The van der Waals surface area contributed by atoms with Gasteiger partial charge in [-0.15, -0.1) is 0 Å². The molecule has 0 bridgehead atoms. The van der Waals surface area contributed by atoms with E-state index in [-0.39, 0.29) is 10.7 Å². The first-order valence-electron chi connectivity index (χ1n) is 8.45. The molecule has 0 atom stereocenters. The van der Waals surface area contributed by atoms with E-state index in [1.807, 2.05) is 24.3 Å². The first-order chi connectivity index (χ1) is 13.9. The highest BCUT2D eigenvalue weighted by Crippen LogP contribution is 2.27. The molecule has 1 aliphatic heterocycles. The van der Waals surface area contributed by atoms with Crippen LogP contribution in [0.4, 0.5) is 10.1 Å². The zero-order chi connectivity index (χ0) is 20.5. The maximum absolute atomic E-state index is 13.2. The van der Waals surface area contributed by atoms with Crippen molar-refractivity contribution in [1.29, 1.82) is 0 Å². The van der Waals surface area contributed by atoms with Gasteiger partial charge in [-0.2, -0.15) is 0 Å². The van der Waals surface area contributed by atoms with Gasteiger partial charge >= 0.3 is 0 Å². The molecule has 2 aromatic carbocycles. The van der Waals surface area contributed by atoms with Crippen LogP contribution in [0.2, 0.25) is 0 Å². The number of carbonyl (C=O) groups excluding carboxylic acids is 2. The average molecular weight is 471 g/mol. The molecule has 4 rings (SSSR count). The maximum Gasteiger partial charge on any atom is 0.270 e. The van der Waals surface area contributed by atoms with Crippen molar-refractivity contribution in [3.05, 3.63) is 82.3 Å². The Bertz CT molecular complexity index is 1150. The van der Waals surface area contributed by atoms with Crippen molar-refractivity contribution in [3.8, 4) is 11.3 Å². The number of hydrogen-bond acceptors (Lipinski definition) is 4. The molecule has 0 aliphatic carbocycles. The van der Waals surface area contributed by atoms with Crippen molar-refractivity contribution in [2.45, 2.75) is 0 Å². The zero-order valence-electron chi connectivity index (χ0n) is 14.7. The molecule has 29 heavy (non-hydrogen) atoms. The van der Waals surface area contributed by atoms with Gasteiger partial charge in [0.05, 0.1) is 5.69 Å². The molecule has 1 aromatic heterocycles. The Kier molecular flexibility index (Phi) is 5.12. The fourth-order valence-corrected chi connectivity index (χ4v) is 3.37. The van der Waals surface area contributed by atoms with Crippen molar-refractivity contribution in [2.75, 3.05) is 4.90 Å². The number of nitrogens with one attached hydrogen (secondary N) is 1. The highest BCUT2D eigenvalue weighted by molar-refractivity contribution is 9.10. The molecular formula is C21H12BrFN2O3S. The van der Waals surface area contributed by atoms with E-state index in [0.717, 1.165) is 14.9 Å². The SMILES string of the molecule is O=C1NC(=S)N(c2ccc(F)cc2)C(=O)C1=Cc1ccc(-c2ccc(Br)cc2)o1. The van der Waals surface area contributed by atoms with Gasteiger partial charge in [-0.3, -0.25) is 19.8 Å². The number of furan rings is 1. The lowest BCUT2D eigenvalue weighted by Crippen LogP contribution is -2.54. The van der Waals surface area contributed by atoms with Crippen LogP contribution < -0.4 is 10.2 Å². The van der Waals surface area contributed by atoms with Crippen LogP contribution in [-0.2, 0) is 9.59 Å². The Morgan fingerprint density at radius 1 is 1.00 bits per heavy atom. The van der Waals surface area contributed by atoms with E-state index in [9.17, 15) is 14.0 Å². The first kappa shape index (κ1) is 19.2. The van der Waals surface area contributed by atoms with Crippen LogP contribution in [0.1, 0.15) is 5.76 Å². The second-order valence-corrected chi connectivity index (χ2v) is 7.45. The molecule has 1 aliphatic rings. The van der Waals surface area contributed by atoms with Crippen molar-refractivity contribution in [1.82, 2.24) is 5.32 Å². The molecule has 1 saturated heterocycles. The molecule has 5 nitrogen and oxygen atoms in total. The fraction of sp³-hybridized carbons (Fsp3) is 0. The molecule has 8 heteroatoms. The van der Waals surface area contributed by atoms with Crippen LogP contribution in [-0.4, -0.2) is 16.9 Å². The van der Waals surface area contributed by atoms with E-state index >= 15 is 0 Å². The predicted octanol–water partition coefficient (Wildman–Crippen LogP) is 4.68. The third-order valence-corrected chi connectivity index (χ3v) is 5.04. The molecule has 2 heterocycles. The lowest BCUT2D eigenvalue weighted by molar-refractivity contribution is -0.122. The summed E-state index contributed by atoms with van der Waals surface area (Å²) in [5.41, 5.74) is 1.06. The quantitative estimate of drug-likeness (QED) is 0.343. The summed E-state index contributed by atoms with van der Waals surface area (Å²) in [4.78, 5) is 26.4. The minimum Gasteiger partial charge on any atom is -0.457 e. The van der Waals surface area contributed by atoms with Gasteiger partial charge in [0.2, 0.25) is 0 Å². The van der Waals surface area contributed by atoms with Gasteiger partial charge in [0.1, 0.15) is 22.9 Å². The number of benzene rings is 2. The molecule has 2 amide bonds. The van der Waals surface area contributed by atoms with Gasteiger partial charge in [-0.1, -0.05) is 28.1 Å². The van der Waals surface area contributed by atoms with Gasteiger partial charge in [-0.25, -0.2) is 4.39 Å². The number of rotatable bonds is 3. The summed E-state index contributed by atoms with van der Waals surface area (Å²) < 4.78 is 19.9. The topological polar surface area (TPSA) is 62.6 Å². The minimum absolute atomic E-state index is 0.0706. The number of nitrogens with zero attached hydrogens (tertiary/aromatic N) is 1. The largest absolute Gasteiger partial charge is 0.457 e. The minimum atomic E-state index is -0.625. The Hall–Kier alpha value is -3.10. The summed E-state index contributed by atoms with van der Waals surface area (Å²) in [6, 6.07) is 16.2. The summed E-state index contributed by atoms with van der Waals surface area (Å²) in [5, 5.41) is 2.41. The van der Waals surface area contributed by atoms with E-state index in [4.69, 9.17) is 16.6 Å². The van der Waals surface area contributed by atoms with Gasteiger partial charge in [0.25, 0.3) is 11.8 Å². The Morgan fingerprint density at radius 3 is 2.38 bits per heavy atom. The molecule has 3 aromatic rings. The van der Waals surface area contributed by atoms with E-state index in [0.29, 0.717) is 17.2 Å².